The first-order chi connectivity index (χ1) is 5.61. The maximum absolute atomic E-state index is 10.8. The number of hydrogen-bond donors (Lipinski definition) is 3. The second-order valence-corrected chi connectivity index (χ2v) is 2.21. The Morgan fingerprint density at radius 2 is 2.25 bits per heavy atom. The molecule has 0 aromatic heterocycles. The molecule has 0 rings (SSSR count). The average Bonchev–Trinajstić information content (AvgIpc) is 2.04. The highest BCUT2D eigenvalue weighted by molar-refractivity contribution is 5.78. The lowest BCUT2D eigenvalue weighted by molar-refractivity contribution is -0.146. The number of esters is 1. The Bertz CT molecular complexity index is 171. The molecular formula is C6H12N2O4. The van der Waals surface area contributed by atoms with Gasteiger partial charge in [0, 0.05) is 6.42 Å². The summed E-state index contributed by atoms with van der Waals surface area (Å²) in [5, 5.41) is 8.44. The van der Waals surface area contributed by atoms with E-state index in [4.69, 9.17) is 10.9 Å². The lowest BCUT2D eigenvalue weighted by Gasteiger charge is -2.10. The van der Waals surface area contributed by atoms with E-state index in [0.29, 0.717) is 0 Å². The molecule has 0 heterocycles. The van der Waals surface area contributed by atoms with Gasteiger partial charge in [-0.3, -0.25) is 9.59 Å². The van der Waals surface area contributed by atoms with Crippen molar-refractivity contribution in [2.75, 3.05) is 7.11 Å². The van der Waals surface area contributed by atoms with Crippen LogP contribution in [0.4, 0.5) is 0 Å². The lowest BCUT2D eigenvalue weighted by atomic mass is 10.1. The molecule has 0 saturated carbocycles. The minimum absolute atomic E-state index is 0.0212. The molecule has 4 N–H and O–H groups in total. The molecule has 0 spiro atoms. The number of carbonyl (C=O) groups excluding carboxylic acids is 2. The quantitative estimate of drug-likeness (QED) is 0.359. The predicted molar refractivity (Wildman–Crippen MR) is 39.2 cm³/mol. The third-order valence-corrected chi connectivity index (χ3v) is 1.32. The number of nitrogens with two attached hydrogens (primary N) is 1. The topological polar surface area (TPSA) is 102 Å². The zero-order valence-corrected chi connectivity index (χ0v) is 6.74. The van der Waals surface area contributed by atoms with E-state index in [-0.39, 0.29) is 12.8 Å². The van der Waals surface area contributed by atoms with Gasteiger partial charge >= 0.3 is 5.97 Å². The monoisotopic (exact) mass is 176 g/mol. The Balaban J connectivity index is 3.83. The Hall–Kier alpha value is -1.14. The van der Waals surface area contributed by atoms with E-state index in [1.54, 1.807) is 5.48 Å². The van der Waals surface area contributed by atoms with Crippen molar-refractivity contribution in [3.8, 4) is 0 Å². The van der Waals surface area contributed by atoms with Crippen LogP contribution in [0, 0.1) is 0 Å². The van der Waals surface area contributed by atoms with Crippen molar-refractivity contribution >= 4 is 11.9 Å². The smallest absolute Gasteiger partial charge is 0.325 e. The molecule has 0 aliphatic rings. The average molecular weight is 176 g/mol. The first-order valence-corrected chi connectivity index (χ1v) is 3.37. The van der Waals surface area contributed by atoms with Crippen LogP contribution in [0.2, 0.25) is 0 Å². The van der Waals surface area contributed by atoms with Crippen LogP contribution in [0.3, 0.4) is 0 Å². The van der Waals surface area contributed by atoms with Crippen LogP contribution >= 0.6 is 0 Å². The summed E-state index contributed by atoms with van der Waals surface area (Å²) in [4.78, 5) is 21.1. The molecule has 0 aliphatic heterocycles. The predicted octanol–water partition coefficient (Wildman–Crippen LogP) is -1.23. The highest BCUT2D eigenvalue weighted by Crippen LogP contribution is 1.97. The van der Waals surface area contributed by atoms with Crippen molar-refractivity contribution < 1.29 is 19.5 Å². The van der Waals surface area contributed by atoms with Crippen LogP contribution in [0.15, 0.2) is 0 Å². The molecule has 0 bridgehead atoms. The van der Waals surface area contributed by atoms with Crippen LogP contribution in [-0.4, -0.2) is 30.2 Å². The van der Waals surface area contributed by atoms with Crippen molar-refractivity contribution in [3.63, 3.8) is 0 Å². The van der Waals surface area contributed by atoms with Gasteiger partial charge < -0.3 is 15.7 Å². The van der Waals surface area contributed by atoms with E-state index in [2.05, 4.69) is 4.74 Å². The van der Waals surface area contributed by atoms with E-state index in [9.17, 15) is 9.59 Å². The molecule has 1 atom stereocenters. The summed E-state index contributed by atoms with van der Waals surface area (Å²) in [6.07, 6.45) is 0.145. The molecule has 6 nitrogen and oxygen atoms in total. The van der Waals surface area contributed by atoms with E-state index in [1.807, 2.05) is 0 Å². The van der Waals surface area contributed by atoms with Gasteiger partial charge in [0.25, 0.3) is 0 Å². The van der Waals surface area contributed by atoms with Crippen LogP contribution in [0.25, 0.3) is 0 Å². The van der Waals surface area contributed by atoms with Gasteiger partial charge in [-0.15, -0.1) is 0 Å². The lowest BCUT2D eigenvalue weighted by Crippen LogP contribution is -2.36. The number of hydrogen-bond acceptors (Lipinski definition) is 5. The fourth-order valence-electron chi connectivity index (χ4n) is 0.664. The summed E-state index contributed by atoms with van der Waals surface area (Å²) in [6.45, 7) is 0. The molecule has 0 aromatic rings. The van der Waals surface area contributed by atoms with E-state index in [0.717, 1.165) is 0 Å². The van der Waals surface area contributed by atoms with Crippen molar-refractivity contribution in [2.45, 2.75) is 18.9 Å². The van der Waals surface area contributed by atoms with E-state index in [1.165, 1.54) is 7.11 Å². The number of carbonyl (C=O) groups is 2. The largest absolute Gasteiger partial charge is 0.468 e. The van der Waals surface area contributed by atoms with Gasteiger partial charge in [0.05, 0.1) is 7.11 Å². The zero-order valence-electron chi connectivity index (χ0n) is 6.74. The van der Waals surface area contributed by atoms with E-state index < -0.39 is 17.9 Å². The SMILES string of the molecule is COC(=O)[C@H](CCC(N)=O)NO. The van der Waals surface area contributed by atoms with Crippen molar-refractivity contribution in [1.82, 2.24) is 5.48 Å². The zero-order chi connectivity index (χ0) is 9.56. The van der Waals surface area contributed by atoms with Gasteiger partial charge in [-0.05, 0) is 6.42 Å². The molecule has 0 aromatic carbocycles. The summed E-state index contributed by atoms with van der Waals surface area (Å²) in [6, 6.07) is -0.887. The van der Waals surface area contributed by atoms with Crippen molar-refractivity contribution in [2.24, 2.45) is 5.73 Å². The van der Waals surface area contributed by atoms with Gasteiger partial charge in [-0.1, -0.05) is 0 Å². The molecule has 6 heteroatoms. The summed E-state index contributed by atoms with van der Waals surface area (Å²) in [5.74, 6) is -1.15. The van der Waals surface area contributed by atoms with Crippen LogP contribution < -0.4 is 11.2 Å². The summed E-state index contributed by atoms with van der Waals surface area (Å²) in [5.41, 5.74) is 6.56. The molecule has 12 heavy (non-hydrogen) atoms. The highest BCUT2D eigenvalue weighted by Gasteiger charge is 2.18. The summed E-state index contributed by atoms with van der Waals surface area (Å²) < 4.78 is 4.32. The highest BCUT2D eigenvalue weighted by atomic mass is 16.5. The van der Waals surface area contributed by atoms with Crippen molar-refractivity contribution in [3.05, 3.63) is 0 Å². The first-order valence-electron chi connectivity index (χ1n) is 3.37. The molecular weight excluding hydrogens is 164 g/mol. The van der Waals surface area contributed by atoms with Gasteiger partial charge in [0.1, 0.15) is 6.04 Å². The van der Waals surface area contributed by atoms with Crippen LogP contribution in [0.1, 0.15) is 12.8 Å². The fourth-order valence-corrected chi connectivity index (χ4v) is 0.664. The Kier molecular flexibility index (Phi) is 4.98. The third kappa shape index (κ3) is 3.89. The Morgan fingerprint density at radius 3 is 2.58 bits per heavy atom. The third-order valence-electron chi connectivity index (χ3n) is 1.32. The van der Waals surface area contributed by atoms with Crippen molar-refractivity contribution in [1.29, 1.82) is 0 Å². The molecule has 0 saturated heterocycles. The number of hydroxylamine groups is 1. The molecule has 0 aliphatic carbocycles. The molecule has 0 radical (unpaired) electrons. The normalized spacial score (nSPS) is 12.2. The second-order valence-electron chi connectivity index (χ2n) is 2.21. The summed E-state index contributed by atoms with van der Waals surface area (Å²) >= 11 is 0. The Labute approximate surface area is 69.6 Å². The van der Waals surface area contributed by atoms with Crippen LogP contribution in [0.5, 0.6) is 0 Å². The number of nitrogens with one attached hydrogen (secondary N) is 1. The maximum atomic E-state index is 10.8. The molecule has 0 fully saturated rings. The number of rotatable bonds is 5. The fraction of sp³-hybridized carbons (Fsp3) is 0.667. The number of ether oxygens (including phenoxy) is 1. The minimum Gasteiger partial charge on any atom is -0.468 e. The maximum Gasteiger partial charge on any atom is 0.325 e. The van der Waals surface area contributed by atoms with Gasteiger partial charge in [0.15, 0.2) is 0 Å². The van der Waals surface area contributed by atoms with Gasteiger partial charge in [-0.25, -0.2) is 0 Å². The Morgan fingerprint density at radius 1 is 1.67 bits per heavy atom. The second kappa shape index (κ2) is 5.50. The standard InChI is InChI=1S/C6H12N2O4/c1-12-6(10)4(8-11)2-3-5(7)9/h4,8,11H,2-3H2,1H3,(H2,7,9)/t4-/m0/s1. The number of primary amides is 1. The minimum atomic E-state index is -0.887. The molecule has 1 amide bonds. The van der Waals surface area contributed by atoms with Crippen LogP contribution in [-0.2, 0) is 14.3 Å². The molecule has 0 unspecified atom stereocenters. The molecule has 70 valence electrons. The number of amides is 1. The summed E-state index contributed by atoms with van der Waals surface area (Å²) in [7, 11) is 1.19. The first kappa shape index (κ1) is 10.9. The van der Waals surface area contributed by atoms with Gasteiger partial charge in [-0.2, -0.15) is 5.48 Å². The van der Waals surface area contributed by atoms with Gasteiger partial charge in [0.2, 0.25) is 5.91 Å². The number of methoxy groups -OCH3 is 1. The van der Waals surface area contributed by atoms with E-state index >= 15 is 0 Å².